The van der Waals surface area contributed by atoms with E-state index in [9.17, 15) is 9.59 Å². The number of carbonyl (C=O) groups is 2. The van der Waals surface area contributed by atoms with Crippen molar-refractivity contribution in [3.8, 4) is 0 Å². The van der Waals surface area contributed by atoms with Crippen LogP contribution in [-0.2, 0) is 16.0 Å². The van der Waals surface area contributed by atoms with Crippen LogP contribution in [0, 0.1) is 0 Å². The molecule has 0 saturated heterocycles. The third kappa shape index (κ3) is 3.44. The van der Waals surface area contributed by atoms with Crippen molar-refractivity contribution in [2.45, 2.75) is 13.3 Å². The van der Waals surface area contributed by atoms with Crippen LogP contribution in [0.5, 0.6) is 0 Å². The fourth-order valence-corrected chi connectivity index (χ4v) is 3.42. The lowest BCUT2D eigenvalue weighted by Crippen LogP contribution is -2.25. The predicted octanol–water partition coefficient (Wildman–Crippen LogP) is 3.80. The second-order valence-corrected chi connectivity index (χ2v) is 6.51. The summed E-state index contributed by atoms with van der Waals surface area (Å²) in [5.41, 5.74) is 4.49. The van der Waals surface area contributed by atoms with E-state index in [2.05, 4.69) is 10.3 Å². The summed E-state index contributed by atoms with van der Waals surface area (Å²) in [6.45, 7) is 2.26. The summed E-state index contributed by atoms with van der Waals surface area (Å²) in [5, 5.41) is 3.92. The quantitative estimate of drug-likeness (QED) is 0.725. The molecule has 0 atom stereocenters. The van der Waals surface area contributed by atoms with Crippen molar-refractivity contribution in [1.82, 2.24) is 4.98 Å². The van der Waals surface area contributed by atoms with Gasteiger partial charge >= 0.3 is 0 Å². The highest BCUT2D eigenvalue weighted by Gasteiger charge is 2.22. The Hall–Kier alpha value is -3.47. The Bertz CT molecular complexity index is 1070. The molecule has 1 aliphatic rings. The first-order valence-corrected chi connectivity index (χ1v) is 8.86. The monoisotopic (exact) mass is 357 g/mol. The summed E-state index contributed by atoms with van der Waals surface area (Å²) in [7, 11) is 0. The van der Waals surface area contributed by atoms with E-state index in [1.54, 1.807) is 24.1 Å². The number of anilines is 2. The number of benzene rings is 2. The number of hydrogen-bond acceptors (Lipinski definition) is 3. The van der Waals surface area contributed by atoms with Crippen LogP contribution in [0.4, 0.5) is 11.4 Å². The first kappa shape index (κ1) is 17.0. The minimum absolute atomic E-state index is 0.0390. The summed E-state index contributed by atoms with van der Waals surface area (Å²) >= 11 is 0. The zero-order valence-corrected chi connectivity index (χ0v) is 15.0. The molecule has 2 heterocycles. The van der Waals surface area contributed by atoms with Gasteiger partial charge in [-0.15, -0.1) is 0 Å². The van der Waals surface area contributed by atoms with Gasteiger partial charge in [0.2, 0.25) is 11.8 Å². The number of para-hydroxylation sites is 1. The van der Waals surface area contributed by atoms with E-state index >= 15 is 0 Å². The van der Waals surface area contributed by atoms with E-state index < -0.39 is 0 Å². The van der Waals surface area contributed by atoms with Crippen LogP contribution in [0.15, 0.2) is 60.8 Å². The zero-order chi connectivity index (χ0) is 18.8. The molecule has 0 spiro atoms. The molecule has 2 amide bonds. The molecule has 0 saturated carbocycles. The highest BCUT2D eigenvalue weighted by atomic mass is 16.2. The van der Waals surface area contributed by atoms with Crippen LogP contribution in [-0.4, -0.2) is 23.3 Å². The Labute approximate surface area is 157 Å². The average molecular weight is 357 g/mol. The molecule has 1 aromatic heterocycles. The number of fused-ring (bicyclic) bond motifs is 2. The van der Waals surface area contributed by atoms with Gasteiger partial charge in [0.05, 0.1) is 5.52 Å². The fraction of sp³-hybridized carbons (Fsp3) is 0.136. The largest absolute Gasteiger partial charge is 0.323 e. The molecule has 5 heteroatoms. The predicted molar refractivity (Wildman–Crippen MR) is 108 cm³/mol. The molecule has 0 fully saturated rings. The minimum Gasteiger partial charge on any atom is -0.323 e. The standard InChI is InChI=1S/C22H19N3O2/c1-15(26)25-13-11-18-14-19(8-9-20(18)25)24-21(27)10-7-17-5-2-4-16-6-3-12-23-22(16)17/h2-10,12,14H,11,13H2,1H3,(H,24,27). The lowest BCUT2D eigenvalue weighted by atomic mass is 10.1. The summed E-state index contributed by atoms with van der Waals surface area (Å²) < 4.78 is 0. The molecule has 4 rings (SSSR count). The summed E-state index contributed by atoms with van der Waals surface area (Å²) in [4.78, 5) is 30.1. The number of carbonyl (C=O) groups excluding carboxylic acids is 2. The number of pyridine rings is 1. The van der Waals surface area contributed by atoms with E-state index in [0.29, 0.717) is 6.54 Å². The number of nitrogens with zero attached hydrogens (tertiary/aromatic N) is 2. The highest BCUT2D eigenvalue weighted by Crippen LogP contribution is 2.30. The summed E-state index contributed by atoms with van der Waals surface area (Å²) in [5.74, 6) is -0.165. The van der Waals surface area contributed by atoms with Gasteiger partial charge in [0.15, 0.2) is 0 Å². The SMILES string of the molecule is CC(=O)N1CCc2cc(NC(=O)C=Cc3cccc4cccnc34)ccc21. The maximum absolute atomic E-state index is 12.3. The molecule has 0 aliphatic carbocycles. The van der Waals surface area contributed by atoms with Crippen LogP contribution in [0.3, 0.4) is 0 Å². The second-order valence-electron chi connectivity index (χ2n) is 6.51. The van der Waals surface area contributed by atoms with Crippen molar-refractivity contribution in [2.75, 3.05) is 16.8 Å². The zero-order valence-electron chi connectivity index (χ0n) is 15.0. The molecular formula is C22H19N3O2. The Morgan fingerprint density at radius 3 is 2.85 bits per heavy atom. The molecule has 1 aliphatic heterocycles. The fourth-order valence-electron chi connectivity index (χ4n) is 3.42. The van der Waals surface area contributed by atoms with Gasteiger partial charge in [0.1, 0.15) is 0 Å². The molecule has 5 nitrogen and oxygen atoms in total. The van der Waals surface area contributed by atoms with Gasteiger partial charge in [0.25, 0.3) is 0 Å². The van der Waals surface area contributed by atoms with Gasteiger partial charge in [-0.2, -0.15) is 0 Å². The summed E-state index contributed by atoms with van der Waals surface area (Å²) in [6.07, 6.45) is 5.83. The van der Waals surface area contributed by atoms with Crippen molar-refractivity contribution in [3.05, 3.63) is 71.9 Å². The van der Waals surface area contributed by atoms with Crippen LogP contribution < -0.4 is 10.2 Å². The highest BCUT2D eigenvalue weighted by molar-refractivity contribution is 6.03. The molecule has 0 unspecified atom stereocenters. The number of amides is 2. The third-order valence-electron chi connectivity index (χ3n) is 4.70. The first-order valence-electron chi connectivity index (χ1n) is 8.86. The Kier molecular flexibility index (Phi) is 4.42. The van der Waals surface area contributed by atoms with Gasteiger partial charge < -0.3 is 10.2 Å². The van der Waals surface area contributed by atoms with Crippen molar-refractivity contribution < 1.29 is 9.59 Å². The summed E-state index contributed by atoms with van der Waals surface area (Å²) in [6, 6.07) is 15.4. The van der Waals surface area contributed by atoms with Gasteiger partial charge in [-0.25, -0.2) is 0 Å². The van der Waals surface area contributed by atoms with Crippen LogP contribution in [0.2, 0.25) is 0 Å². The average Bonchev–Trinajstić information content (AvgIpc) is 3.10. The van der Waals surface area contributed by atoms with E-state index in [-0.39, 0.29) is 11.8 Å². The molecule has 0 radical (unpaired) electrons. The molecule has 27 heavy (non-hydrogen) atoms. The van der Waals surface area contributed by atoms with Crippen LogP contribution >= 0.6 is 0 Å². The van der Waals surface area contributed by atoms with Gasteiger partial charge in [-0.3, -0.25) is 14.6 Å². The smallest absolute Gasteiger partial charge is 0.248 e. The number of hydrogen-bond donors (Lipinski definition) is 1. The van der Waals surface area contributed by atoms with Crippen molar-refractivity contribution in [2.24, 2.45) is 0 Å². The number of nitrogens with one attached hydrogen (secondary N) is 1. The second kappa shape index (κ2) is 7.03. The van der Waals surface area contributed by atoms with Crippen molar-refractivity contribution >= 4 is 40.2 Å². The molecular weight excluding hydrogens is 338 g/mol. The van der Waals surface area contributed by atoms with Crippen molar-refractivity contribution in [3.63, 3.8) is 0 Å². The topological polar surface area (TPSA) is 62.3 Å². The first-order chi connectivity index (χ1) is 13.1. The van der Waals surface area contributed by atoms with Gasteiger partial charge in [-0.1, -0.05) is 24.3 Å². The maximum atomic E-state index is 12.3. The molecule has 0 bridgehead atoms. The third-order valence-corrected chi connectivity index (χ3v) is 4.70. The maximum Gasteiger partial charge on any atom is 0.248 e. The number of rotatable bonds is 3. The molecule has 134 valence electrons. The van der Waals surface area contributed by atoms with E-state index in [0.717, 1.165) is 39.8 Å². The number of aromatic nitrogens is 1. The van der Waals surface area contributed by atoms with E-state index in [1.165, 1.54) is 6.08 Å². The lowest BCUT2D eigenvalue weighted by Gasteiger charge is -2.14. The van der Waals surface area contributed by atoms with E-state index in [1.807, 2.05) is 48.5 Å². The van der Waals surface area contributed by atoms with E-state index in [4.69, 9.17) is 0 Å². The Morgan fingerprint density at radius 1 is 1.15 bits per heavy atom. The normalized spacial score (nSPS) is 13.1. The lowest BCUT2D eigenvalue weighted by molar-refractivity contribution is -0.116. The van der Waals surface area contributed by atoms with Crippen LogP contribution in [0.25, 0.3) is 17.0 Å². The molecule has 3 aromatic rings. The van der Waals surface area contributed by atoms with Crippen molar-refractivity contribution in [1.29, 1.82) is 0 Å². The Morgan fingerprint density at radius 2 is 2.00 bits per heavy atom. The molecule has 2 aromatic carbocycles. The Balaban J connectivity index is 1.50. The molecule has 1 N–H and O–H groups in total. The van der Waals surface area contributed by atoms with Gasteiger partial charge in [0, 0.05) is 48.1 Å². The van der Waals surface area contributed by atoms with Gasteiger partial charge in [-0.05, 0) is 42.3 Å². The van der Waals surface area contributed by atoms with Crippen LogP contribution in [0.1, 0.15) is 18.1 Å². The minimum atomic E-state index is -0.204.